The highest BCUT2D eigenvalue weighted by Crippen LogP contribution is 2.02. The van der Waals surface area contributed by atoms with Crippen LogP contribution in [0.2, 0.25) is 0 Å². The van der Waals surface area contributed by atoms with Crippen LogP contribution >= 0.6 is 0 Å². The average molecular weight is 292 g/mol. The van der Waals surface area contributed by atoms with E-state index in [2.05, 4.69) is 0 Å². The molecule has 0 N–H and O–H groups in total. The second kappa shape index (κ2) is 14.3. The molecule has 0 radical (unpaired) electrons. The van der Waals surface area contributed by atoms with E-state index in [0.29, 0.717) is 0 Å². The van der Waals surface area contributed by atoms with Gasteiger partial charge in [-0.2, -0.15) is 0 Å². The largest absolute Gasteiger partial charge is 0.436 e. The van der Waals surface area contributed by atoms with Gasteiger partial charge in [0.15, 0.2) is 0 Å². The molecule has 0 fully saturated rings. The first-order valence-electron chi connectivity index (χ1n) is 6.81. The van der Waals surface area contributed by atoms with Crippen molar-refractivity contribution in [3.63, 3.8) is 0 Å². The third-order valence-electron chi connectivity index (χ3n) is 2.17. The van der Waals surface area contributed by atoms with E-state index in [4.69, 9.17) is 18.9 Å². The van der Waals surface area contributed by atoms with Gasteiger partial charge in [0.2, 0.25) is 12.6 Å². The third-order valence-corrected chi connectivity index (χ3v) is 2.17. The Balaban J connectivity index is 0. The summed E-state index contributed by atoms with van der Waals surface area (Å²) in [5, 5.41) is 0. The minimum atomic E-state index is -0.359. The Hall–Kier alpha value is -1.14. The van der Waals surface area contributed by atoms with Crippen molar-refractivity contribution in [3.8, 4) is 0 Å². The maximum absolute atomic E-state index is 10.4. The predicted octanol–water partition coefficient (Wildman–Crippen LogP) is 2.64. The van der Waals surface area contributed by atoms with Gasteiger partial charge in [0, 0.05) is 40.9 Å². The Morgan fingerprint density at radius 1 is 0.800 bits per heavy atom. The van der Waals surface area contributed by atoms with Crippen molar-refractivity contribution in [1.29, 1.82) is 0 Å². The van der Waals surface area contributed by atoms with Gasteiger partial charge in [0.25, 0.3) is 0 Å². The van der Waals surface area contributed by atoms with Gasteiger partial charge in [0.1, 0.15) is 0 Å². The number of ether oxygens (including phenoxy) is 4. The van der Waals surface area contributed by atoms with Gasteiger partial charge in [-0.05, 0) is 0 Å². The fourth-order valence-corrected chi connectivity index (χ4v) is 1.29. The van der Waals surface area contributed by atoms with E-state index in [1.54, 1.807) is 0 Å². The van der Waals surface area contributed by atoms with E-state index in [9.17, 15) is 9.59 Å². The average Bonchev–Trinajstić information content (AvgIpc) is 2.37. The van der Waals surface area contributed by atoms with Gasteiger partial charge in [0.05, 0.1) is 0 Å². The van der Waals surface area contributed by atoms with Crippen molar-refractivity contribution in [2.24, 2.45) is 0 Å². The summed E-state index contributed by atoms with van der Waals surface area (Å²) in [5.41, 5.74) is 0. The van der Waals surface area contributed by atoms with E-state index in [1.165, 1.54) is 28.1 Å². The quantitative estimate of drug-likeness (QED) is 0.506. The van der Waals surface area contributed by atoms with Crippen molar-refractivity contribution in [2.75, 3.05) is 14.2 Å². The lowest BCUT2D eigenvalue weighted by Crippen LogP contribution is -2.17. The summed E-state index contributed by atoms with van der Waals surface area (Å²) < 4.78 is 19.3. The minimum absolute atomic E-state index is 0.291. The zero-order valence-electron chi connectivity index (χ0n) is 13.4. The number of rotatable bonds is 8. The van der Waals surface area contributed by atoms with Crippen molar-refractivity contribution in [3.05, 3.63) is 0 Å². The normalized spacial score (nSPS) is 12.7. The molecule has 0 aromatic carbocycles. The smallest absolute Gasteiger partial charge is 0.304 e. The molecule has 6 nitrogen and oxygen atoms in total. The molecule has 0 amide bonds. The summed E-state index contributed by atoms with van der Waals surface area (Å²) in [7, 11) is 3.06. The molecule has 0 aliphatic rings. The van der Waals surface area contributed by atoms with E-state index < -0.39 is 0 Å². The molecule has 0 aromatic heterocycles. The summed E-state index contributed by atoms with van der Waals surface area (Å²) in [4.78, 5) is 20.8. The Bertz CT molecular complexity index is 228. The van der Waals surface area contributed by atoms with Crippen molar-refractivity contribution >= 4 is 11.9 Å². The van der Waals surface area contributed by atoms with Gasteiger partial charge in [-0.1, -0.05) is 26.7 Å². The predicted molar refractivity (Wildman–Crippen MR) is 74.9 cm³/mol. The highest BCUT2D eigenvalue weighted by Gasteiger charge is 2.08. The van der Waals surface area contributed by atoms with Crippen LogP contribution in [-0.2, 0) is 28.5 Å². The molecule has 0 spiro atoms. The van der Waals surface area contributed by atoms with Crippen LogP contribution in [0.1, 0.15) is 53.4 Å². The van der Waals surface area contributed by atoms with Crippen LogP contribution in [0.15, 0.2) is 0 Å². The first kappa shape index (κ1) is 21.2. The molecule has 0 aliphatic carbocycles. The standard InChI is InChI=1S/2C7H14O3/c2*1-4-5-7(9-3)10-6(2)8/h2*7H,4-5H2,1-3H3. The molecule has 20 heavy (non-hydrogen) atoms. The molecule has 6 heteroatoms. The fourth-order valence-electron chi connectivity index (χ4n) is 1.29. The van der Waals surface area contributed by atoms with E-state index in [0.717, 1.165) is 25.7 Å². The van der Waals surface area contributed by atoms with Gasteiger partial charge in [-0.15, -0.1) is 0 Å². The zero-order valence-corrected chi connectivity index (χ0v) is 13.4. The first-order valence-corrected chi connectivity index (χ1v) is 6.81. The fraction of sp³-hybridized carbons (Fsp3) is 0.857. The SMILES string of the molecule is CCCC(OC)OC(C)=O.CCCC(OC)OC(C)=O. The molecule has 0 rings (SSSR count). The first-order chi connectivity index (χ1) is 9.40. The number of methoxy groups -OCH3 is 2. The molecule has 120 valence electrons. The Labute approximate surface area is 121 Å². The van der Waals surface area contributed by atoms with Crippen LogP contribution in [0.3, 0.4) is 0 Å². The number of esters is 2. The van der Waals surface area contributed by atoms with Crippen molar-refractivity contribution in [1.82, 2.24) is 0 Å². The maximum atomic E-state index is 10.4. The molecule has 2 unspecified atom stereocenters. The van der Waals surface area contributed by atoms with Crippen LogP contribution in [0.25, 0.3) is 0 Å². The lowest BCUT2D eigenvalue weighted by atomic mass is 10.3. The van der Waals surface area contributed by atoms with Gasteiger partial charge in [-0.25, -0.2) is 0 Å². The van der Waals surface area contributed by atoms with Crippen molar-refractivity contribution in [2.45, 2.75) is 66.0 Å². The van der Waals surface area contributed by atoms with Crippen LogP contribution in [-0.4, -0.2) is 38.7 Å². The van der Waals surface area contributed by atoms with Crippen LogP contribution in [0.5, 0.6) is 0 Å². The second-order valence-corrected chi connectivity index (χ2v) is 4.13. The molecule has 0 bridgehead atoms. The number of hydrogen-bond acceptors (Lipinski definition) is 6. The van der Waals surface area contributed by atoms with Crippen LogP contribution in [0.4, 0.5) is 0 Å². The molecular formula is C14H28O6. The van der Waals surface area contributed by atoms with E-state index in [-0.39, 0.29) is 24.5 Å². The Morgan fingerprint density at radius 2 is 1.10 bits per heavy atom. The molecule has 0 heterocycles. The lowest BCUT2D eigenvalue weighted by molar-refractivity contribution is -0.172. The second-order valence-electron chi connectivity index (χ2n) is 4.13. The molecule has 0 saturated heterocycles. The zero-order chi connectivity index (χ0) is 16.0. The van der Waals surface area contributed by atoms with Crippen molar-refractivity contribution < 1.29 is 28.5 Å². The van der Waals surface area contributed by atoms with E-state index in [1.807, 2.05) is 13.8 Å². The van der Waals surface area contributed by atoms with Crippen LogP contribution in [0, 0.1) is 0 Å². The molecule has 0 aliphatic heterocycles. The molecule has 0 aromatic rings. The highest BCUT2D eigenvalue weighted by atomic mass is 16.7. The maximum Gasteiger partial charge on any atom is 0.304 e. The van der Waals surface area contributed by atoms with Gasteiger partial charge in [-0.3, -0.25) is 9.59 Å². The number of carbonyl (C=O) groups excluding carboxylic acids is 2. The highest BCUT2D eigenvalue weighted by molar-refractivity contribution is 5.66. The van der Waals surface area contributed by atoms with Gasteiger partial charge < -0.3 is 18.9 Å². The van der Waals surface area contributed by atoms with Gasteiger partial charge >= 0.3 is 11.9 Å². The Morgan fingerprint density at radius 3 is 1.25 bits per heavy atom. The summed E-state index contributed by atoms with van der Waals surface area (Å²) >= 11 is 0. The molecular weight excluding hydrogens is 264 g/mol. The summed E-state index contributed by atoms with van der Waals surface area (Å²) in [5.74, 6) is -0.583. The van der Waals surface area contributed by atoms with Crippen LogP contribution < -0.4 is 0 Å². The van der Waals surface area contributed by atoms with E-state index >= 15 is 0 Å². The number of carbonyl (C=O) groups is 2. The lowest BCUT2D eigenvalue weighted by Gasteiger charge is -2.13. The molecule has 0 saturated carbocycles. The monoisotopic (exact) mass is 292 g/mol. The summed E-state index contributed by atoms with van der Waals surface area (Å²) in [6.45, 7) is 6.77. The minimum Gasteiger partial charge on any atom is -0.436 e. The summed E-state index contributed by atoms with van der Waals surface area (Å²) in [6, 6.07) is 0. The summed E-state index contributed by atoms with van der Waals surface area (Å²) in [6.07, 6.45) is 2.70. The number of hydrogen-bond donors (Lipinski definition) is 0. The topological polar surface area (TPSA) is 71.1 Å². The Kier molecular flexibility index (Phi) is 15.1. The molecule has 2 atom stereocenters. The third kappa shape index (κ3) is 14.9.